The standard InChI is InChI=1S/C8H9N3O3S3/c1-5-3-15-6(2-12)7(5)17(13,14)11-8-10-9-4-16-8/h3-4,12H,2H2,1H3,(H,10,11). The van der Waals surface area contributed by atoms with Crippen molar-refractivity contribution >= 4 is 37.8 Å². The first-order valence-corrected chi connectivity index (χ1v) is 7.75. The Hall–Kier alpha value is -1.03. The van der Waals surface area contributed by atoms with E-state index in [9.17, 15) is 8.42 Å². The molecule has 0 aliphatic heterocycles. The summed E-state index contributed by atoms with van der Waals surface area (Å²) in [5.41, 5.74) is 2.04. The van der Waals surface area contributed by atoms with Crippen LogP contribution in [-0.2, 0) is 16.6 Å². The first-order chi connectivity index (χ1) is 8.04. The summed E-state index contributed by atoms with van der Waals surface area (Å²) < 4.78 is 26.5. The lowest BCUT2D eigenvalue weighted by Crippen LogP contribution is -2.14. The number of hydrogen-bond acceptors (Lipinski definition) is 7. The molecule has 92 valence electrons. The predicted octanol–water partition coefficient (Wildman–Crippen LogP) is 1.20. The number of aryl methyl sites for hydroxylation is 1. The van der Waals surface area contributed by atoms with E-state index in [1.165, 1.54) is 16.8 Å². The van der Waals surface area contributed by atoms with Crippen molar-refractivity contribution in [2.45, 2.75) is 18.4 Å². The number of nitrogens with one attached hydrogen (secondary N) is 1. The lowest BCUT2D eigenvalue weighted by atomic mass is 10.3. The van der Waals surface area contributed by atoms with Crippen LogP contribution in [0.25, 0.3) is 0 Å². The number of aliphatic hydroxyl groups excluding tert-OH is 1. The molecule has 9 heteroatoms. The second kappa shape index (κ2) is 4.69. The van der Waals surface area contributed by atoms with Gasteiger partial charge in [-0.3, -0.25) is 4.72 Å². The third-order valence-corrected chi connectivity index (χ3v) is 5.51. The van der Waals surface area contributed by atoms with Gasteiger partial charge in [-0.2, -0.15) is 0 Å². The lowest BCUT2D eigenvalue weighted by molar-refractivity contribution is 0.282. The minimum absolute atomic E-state index is 0.125. The second-order valence-corrected chi connectivity index (χ2v) is 6.60. The molecule has 0 aliphatic rings. The molecule has 0 aromatic carbocycles. The molecule has 2 aromatic heterocycles. The van der Waals surface area contributed by atoms with E-state index in [0.717, 1.165) is 11.3 Å². The van der Waals surface area contributed by atoms with Crippen LogP contribution in [-0.4, -0.2) is 23.7 Å². The van der Waals surface area contributed by atoms with Crippen LogP contribution in [0, 0.1) is 6.92 Å². The maximum atomic E-state index is 12.1. The largest absolute Gasteiger partial charge is 0.391 e. The van der Waals surface area contributed by atoms with E-state index < -0.39 is 10.0 Å². The van der Waals surface area contributed by atoms with Gasteiger partial charge in [0.15, 0.2) is 0 Å². The monoisotopic (exact) mass is 291 g/mol. The average Bonchev–Trinajstić information content (AvgIpc) is 2.86. The molecule has 2 N–H and O–H groups in total. The maximum Gasteiger partial charge on any atom is 0.265 e. The minimum atomic E-state index is -3.70. The number of sulfonamides is 1. The third kappa shape index (κ3) is 2.46. The van der Waals surface area contributed by atoms with Gasteiger partial charge in [-0.1, -0.05) is 11.3 Å². The van der Waals surface area contributed by atoms with Crippen molar-refractivity contribution < 1.29 is 13.5 Å². The first kappa shape index (κ1) is 12.4. The van der Waals surface area contributed by atoms with Crippen LogP contribution < -0.4 is 4.72 Å². The van der Waals surface area contributed by atoms with Crippen molar-refractivity contribution in [3.8, 4) is 0 Å². The number of nitrogens with zero attached hydrogens (tertiary/aromatic N) is 2. The van der Waals surface area contributed by atoms with Gasteiger partial charge in [-0.05, 0) is 17.9 Å². The Bertz CT molecular complexity index is 603. The molecule has 2 heterocycles. The van der Waals surface area contributed by atoms with Crippen molar-refractivity contribution in [3.63, 3.8) is 0 Å². The minimum Gasteiger partial charge on any atom is -0.391 e. The van der Waals surface area contributed by atoms with Gasteiger partial charge in [0, 0.05) is 0 Å². The predicted molar refractivity (Wildman–Crippen MR) is 65.7 cm³/mol. The number of aliphatic hydroxyl groups is 1. The van der Waals surface area contributed by atoms with Crippen LogP contribution in [0.1, 0.15) is 10.4 Å². The van der Waals surface area contributed by atoms with Crippen molar-refractivity contribution in [3.05, 3.63) is 21.3 Å². The lowest BCUT2D eigenvalue weighted by Gasteiger charge is -2.06. The Morgan fingerprint density at radius 2 is 2.24 bits per heavy atom. The van der Waals surface area contributed by atoms with Gasteiger partial charge in [-0.15, -0.1) is 21.5 Å². The summed E-state index contributed by atoms with van der Waals surface area (Å²) in [5.74, 6) is 0. The Kier molecular flexibility index (Phi) is 3.43. The fraction of sp³-hybridized carbons (Fsp3) is 0.250. The summed E-state index contributed by atoms with van der Waals surface area (Å²) in [4.78, 5) is 0.541. The van der Waals surface area contributed by atoms with Gasteiger partial charge in [-0.25, -0.2) is 8.42 Å². The highest BCUT2D eigenvalue weighted by Crippen LogP contribution is 2.28. The fourth-order valence-corrected chi connectivity index (χ4v) is 4.70. The zero-order valence-electron chi connectivity index (χ0n) is 8.74. The van der Waals surface area contributed by atoms with Gasteiger partial charge in [0.2, 0.25) is 5.13 Å². The molecule has 0 atom stereocenters. The normalized spacial score (nSPS) is 11.6. The van der Waals surface area contributed by atoms with E-state index in [-0.39, 0.29) is 16.6 Å². The van der Waals surface area contributed by atoms with E-state index in [1.807, 2.05) is 0 Å². The Morgan fingerprint density at radius 3 is 2.82 bits per heavy atom. The van der Waals surface area contributed by atoms with Gasteiger partial charge >= 0.3 is 0 Å². The molecule has 0 bridgehead atoms. The highest BCUT2D eigenvalue weighted by molar-refractivity contribution is 7.93. The second-order valence-electron chi connectivity index (χ2n) is 3.18. The molecule has 2 aromatic rings. The Morgan fingerprint density at radius 1 is 1.47 bits per heavy atom. The van der Waals surface area contributed by atoms with Crippen molar-refractivity contribution in [1.82, 2.24) is 10.2 Å². The zero-order valence-corrected chi connectivity index (χ0v) is 11.2. The van der Waals surface area contributed by atoms with Crippen molar-refractivity contribution in [2.75, 3.05) is 4.72 Å². The summed E-state index contributed by atoms with van der Waals surface area (Å²) in [7, 11) is -3.70. The van der Waals surface area contributed by atoms with Crippen LogP contribution >= 0.6 is 22.7 Å². The van der Waals surface area contributed by atoms with Crippen molar-refractivity contribution in [1.29, 1.82) is 0 Å². The molecule has 0 saturated carbocycles. The van der Waals surface area contributed by atoms with Crippen LogP contribution in [0.3, 0.4) is 0 Å². The first-order valence-electron chi connectivity index (χ1n) is 4.51. The molecular formula is C8H9N3O3S3. The van der Waals surface area contributed by atoms with Gasteiger partial charge in [0.25, 0.3) is 10.0 Å². The van der Waals surface area contributed by atoms with E-state index >= 15 is 0 Å². The number of aromatic nitrogens is 2. The highest BCUT2D eigenvalue weighted by Gasteiger charge is 2.23. The smallest absolute Gasteiger partial charge is 0.265 e. The fourth-order valence-electron chi connectivity index (χ4n) is 1.34. The number of anilines is 1. The molecule has 0 aliphatic carbocycles. The molecule has 0 fully saturated rings. The van der Waals surface area contributed by atoms with E-state index in [1.54, 1.807) is 12.3 Å². The summed E-state index contributed by atoms with van der Waals surface area (Å²) >= 11 is 2.31. The summed E-state index contributed by atoms with van der Waals surface area (Å²) in [6.45, 7) is 1.38. The number of rotatable bonds is 4. The molecule has 0 amide bonds. The van der Waals surface area contributed by atoms with Crippen LogP contribution in [0.2, 0.25) is 0 Å². The molecule has 17 heavy (non-hydrogen) atoms. The summed E-state index contributed by atoms with van der Waals surface area (Å²) in [5, 5.41) is 18.2. The van der Waals surface area contributed by atoms with Gasteiger partial charge in [0.1, 0.15) is 10.4 Å². The van der Waals surface area contributed by atoms with Crippen LogP contribution in [0.5, 0.6) is 0 Å². The van der Waals surface area contributed by atoms with Crippen LogP contribution in [0.4, 0.5) is 5.13 Å². The average molecular weight is 291 g/mol. The van der Waals surface area contributed by atoms with Gasteiger partial charge < -0.3 is 5.11 Å². The zero-order chi connectivity index (χ0) is 12.5. The number of thiophene rings is 1. The molecule has 0 radical (unpaired) electrons. The maximum absolute atomic E-state index is 12.1. The molecule has 0 spiro atoms. The van der Waals surface area contributed by atoms with Crippen LogP contribution in [0.15, 0.2) is 15.8 Å². The van der Waals surface area contributed by atoms with E-state index in [0.29, 0.717) is 10.4 Å². The summed E-state index contributed by atoms with van der Waals surface area (Å²) in [6.07, 6.45) is 0. The van der Waals surface area contributed by atoms with E-state index in [2.05, 4.69) is 14.9 Å². The molecule has 0 unspecified atom stereocenters. The molecule has 0 saturated heterocycles. The van der Waals surface area contributed by atoms with Crippen molar-refractivity contribution in [2.24, 2.45) is 0 Å². The third-order valence-electron chi connectivity index (χ3n) is 1.98. The number of hydrogen-bond donors (Lipinski definition) is 2. The Balaban J connectivity index is 2.41. The topological polar surface area (TPSA) is 92.2 Å². The molecular weight excluding hydrogens is 282 g/mol. The molecule has 2 rings (SSSR count). The Labute approximate surface area is 106 Å². The molecule has 6 nitrogen and oxygen atoms in total. The summed E-state index contributed by atoms with van der Waals surface area (Å²) in [6, 6.07) is 0. The highest BCUT2D eigenvalue weighted by atomic mass is 32.2. The van der Waals surface area contributed by atoms with Gasteiger partial charge in [0.05, 0.1) is 11.5 Å². The van der Waals surface area contributed by atoms with E-state index in [4.69, 9.17) is 5.11 Å². The SMILES string of the molecule is Cc1csc(CO)c1S(=O)(=O)Nc1nncs1. The quantitative estimate of drug-likeness (QED) is 0.883.